The Morgan fingerprint density at radius 3 is 2.50 bits per heavy atom. The molecule has 0 radical (unpaired) electrons. The molecule has 66 valence electrons. The zero-order valence-electron chi connectivity index (χ0n) is 6.24. The van der Waals surface area contributed by atoms with Gasteiger partial charge >= 0.3 is 0 Å². The first-order chi connectivity index (χ1) is 5.65. The minimum absolute atomic E-state index is 0.0837. The molecular weight excluding hydrogens is 220 g/mol. The molecule has 12 heavy (non-hydrogen) atoms. The van der Waals surface area contributed by atoms with E-state index in [1.165, 1.54) is 0 Å². The van der Waals surface area contributed by atoms with Crippen molar-refractivity contribution in [3.8, 4) is 0 Å². The average molecular weight is 226 g/mol. The van der Waals surface area contributed by atoms with Crippen molar-refractivity contribution in [3.63, 3.8) is 0 Å². The van der Waals surface area contributed by atoms with E-state index in [9.17, 15) is 0 Å². The average Bonchev–Trinajstić information content (AvgIpc) is 2.00. The Hall–Kier alpha value is -0.250. The third-order valence-electron chi connectivity index (χ3n) is 1.13. The highest BCUT2D eigenvalue weighted by molar-refractivity contribution is 6.43. The van der Waals surface area contributed by atoms with E-state index in [1.807, 2.05) is 6.92 Å². The Labute approximate surface area is 85.1 Å². The predicted molar refractivity (Wildman–Crippen MR) is 51.2 cm³/mol. The second-order valence-corrected chi connectivity index (χ2v) is 3.05. The van der Waals surface area contributed by atoms with E-state index >= 15 is 0 Å². The molecule has 0 bridgehead atoms. The van der Waals surface area contributed by atoms with Crippen LogP contribution in [0.1, 0.15) is 6.92 Å². The van der Waals surface area contributed by atoms with Crippen molar-refractivity contribution in [3.05, 3.63) is 15.5 Å². The van der Waals surface area contributed by atoms with E-state index in [0.29, 0.717) is 17.4 Å². The van der Waals surface area contributed by atoms with Crippen molar-refractivity contribution in [1.82, 2.24) is 9.97 Å². The van der Waals surface area contributed by atoms with Gasteiger partial charge in [-0.1, -0.05) is 23.2 Å². The van der Waals surface area contributed by atoms with Crippen LogP contribution in [0.5, 0.6) is 0 Å². The summed E-state index contributed by atoms with van der Waals surface area (Å²) in [5.41, 5.74) is 0. The van der Waals surface area contributed by atoms with Gasteiger partial charge in [0, 0.05) is 6.54 Å². The minimum atomic E-state index is 0.0837. The third-order valence-corrected chi connectivity index (χ3v) is 2.02. The minimum Gasteiger partial charge on any atom is -0.369 e. The van der Waals surface area contributed by atoms with Gasteiger partial charge in [0.1, 0.15) is 5.02 Å². The van der Waals surface area contributed by atoms with Gasteiger partial charge in [0.25, 0.3) is 0 Å². The van der Waals surface area contributed by atoms with Crippen molar-refractivity contribution in [2.24, 2.45) is 0 Å². The van der Waals surface area contributed by atoms with Crippen molar-refractivity contribution in [2.45, 2.75) is 6.92 Å². The molecule has 1 aromatic rings. The summed E-state index contributed by atoms with van der Waals surface area (Å²) in [6, 6.07) is 0. The van der Waals surface area contributed by atoms with Crippen molar-refractivity contribution in [2.75, 3.05) is 11.9 Å². The van der Waals surface area contributed by atoms with Crippen molar-refractivity contribution in [1.29, 1.82) is 0 Å². The van der Waals surface area contributed by atoms with Crippen LogP contribution in [-0.4, -0.2) is 16.5 Å². The smallest absolute Gasteiger partial charge is 0.225 e. The second-order valence-electron chi connectivity index (χ2n) is 1.98. The first kappa shape index (κ1) is 9.84. The summed E-state index contributed by atoms with van der Waals surface area (Å²) in [4.78, 5) is 7.51. The van der Waals surface area contributed by atoms with Crippen LogP contribution in [0.25, 0.3) is 0 Å². The quantitative estimate of drug-likeness (QED) is 0.622. The molecule has 0 unspecified atom stereocenters. The Bertz CT molecular complexity index is 290. The Morgan fingerprint density at radius 2 is 1.92 bits per heavy atom. The van der Waals surface area contributed by atoms with Gasteiger partial charge in [0.2, 0.25) is 5.28 Å². The van der Waals surface area contributed by atoms with Crippen LogP contribution in [0.15, 0.2) is 0 Å². The molecule has 0 saturated carbocycles. The topological polar surface area (TPSA) is 37.8 Å². The molecule has 0 aliphatic rings. The van der Waals surface area contributed by atoms with Gasteiger partial charge in [-0.25, -0.2) is 4.98 Å². The zero-order valence-corrected chi connectivity index (χ0v) is 8.50. The summed E-state index contributed by atoms with van der Waals surface area (Å²) >= 11 is 17.0. The summed E-state index contributed by atoms with van der Waals surface area (Å²) in [6.07, 6.45) is 0. The largest absolute Gasteiger partial charge is 0.369 e. The lowest BCUT2D eigenvalue weighted by Gasteiger charge is -2.04. The predicted octanol–water partition coefficient (Wildman–Crippen LogP) is 2.87. The highest BCUT2D eigenvalue weighted by Gasteiger charge is 2.08. The lowest BCUT2D eigenvalue weighted by atomic mass is 10.5. The Morgan fingerprint density at radius 1 is 1.25 bits per heavy atom. The molecule has 0 atom stereocenters. The van der Waals surface area contributed by atoms with Crippen molar-refractivity contribution < 1.29 is 0 Å². The molecule has 0 aromatic carbocycles. The molecule has 0 spiro atoms. The first-order valence-corrected chi connectivity index (χ1v) is 4.41. The summed E-state index contributed by atoms with van der Waals surface area (Å²) in [5.74, 6) is 0.462. The number of aromatic nitrogens is 2. The number of rotatable bonds is 2. The van der Waals surface area contributed by atoms with Crippen molar-refractivity contribution >= 4 is 40.6 Å². The van der Waals surface area contributed by atoms with Crippen LogP contribution < -0.4 is 5.32 Å². The molecule has 1 aromatic heterocycles. The van der Waals surface area contributed by atoms with E-state index in [-0.39, 0.29) is 10.4 Å². The molecule has 0 aliphatic carbocycles. The highest BCUT2D eigenvalue weighted by Crippen LogP contribution is 2.27. The summed E-state index contributed by atoms with van der Waals surface area (Å²) in [5, 5.41) is 3.44. The van der Waals surface area contributed by atoms with E-state index in [4.69, 9.17) is 34.8 Å². The fourth-order valence-electron chi connectivity index (χ4n) is 0.679. The molecule has 6 heteroatoms. The fraction of sp³-hybridized carbons (Fsp3) is 0.333. The number of hydrogen-bond acceptors (Lipinski definition) is 3. The van der Waals surface area contributed by atoms with Crippen LogP contribution in [0.3, 0.4) is 0 Å². The number of halogens is 3. The number of nitrogens with zero attached hydrogens (tertiary/aromatic N) is 2. The van der Waals surface area contributed by atoms with Gasteiger partial charge in [-0.3, -0.25) is 0 Å². The second kappa shape index (κ2) is 4.12. The standard InChI is InChI=1S/C6H6Cl3N3/c1-2-10-5-3(7)4(8)11-6(9)12-5/h2H2,1H3,(H,10,11,12). The lowest BCUT2D eigenvalue weighted by molar-refractivity contribution is 1.11. The molecule has 1 heterocycles. The van der Waals surface area contributed by atoms with Crippen LogP contribution >= 0.6 is 34.8 Å². The van der Waals surface area contributed by atoms with Gasteiger partial charge in [-0.05, 0) is 18.5 Å². The van der Waals surface area contributed by atoms with Crippen LogP contribution in [-0.2, 0) is 0 Å². The molecule has 1 N–H and O–H groups in total. The highest BCUT2D eigenvalue weighted by atomic mass is 35.5. The molecular formula is C6H6Cl3N3. The monoisotopic (exact) mass is 225 g/mol. The van der Waals surface area contributed by atoms with Gasteiger partial charge in [-0.15, -0.1) is 0 Å². The number of hydrogen-bond donors (Lipinski definition) is 1. The van der Waals surface area contributed by atoms with E-state index in [0.717, 1.165) is 0 Å². The molecule has 0 fully saturated rings. The maximum atomic E-state index is 5.77. The van der Waals surface area contributed by atoms with Gasteiger partial charge < -0.3 is 5.32 Å². The first-order valence-electron chi connectivity index (χ1n) is 3.27. The Balaban J connectivity index is 3.09. The van der Waals surface area contributed by atoms with E-state index in [1.54, 1.807) is 0 Å². The summed E-state index contributed by atoms with van der Waals surface area (Å²) in [6.45, 7) is 2.61. The van der Waals surface area contributed by atoms with Gasteiger partial charge in [0.15, 0.2) is 11.0 Å². The zero-order chi connectivity index (χ0) is 9.14. The van der Waals surface area contributed by atoms with E-state index < -0.39 is 0 Å². The molecule has 0 aliphatic heterocycles. The SMILES string of the molecule is CCNc1nc(Cl)nc(Cl)c1Cl. The maximum absolute atomic E-state index is 5.77. The van der Waals surface area contributed by atoms with Crippen LogP contribution in [0.2, 0.25) is 15.5 Å². The fourth-order valence-corrected chi connectivity index (χ4v) is 1.21. The summed E-state index contributed by atoms with van der Waals surface area (Å²) in [7, 11) is 0. The van der Waals surface area contributed by atoms with Crippen LogP contribution in [0.4, 0.5) is 5.82 Å². The maximum Gasteiger partial charge on any atom is 0.225 e. The molecule has 0 amide bonds. The molecule has 1 rings (SSSR count). The number of nitrogens with one attached hydrogen (secondary N) is 1. The lowest BCUT2D eigenvalue weighted by Crippen LogP contribution is -2.01. The van der Waals surface area contributed by atoms with Crippen LogP contribution in [0, 0.1) is 0 Å². The van der Waals surface area contributed by atoms with Gasteiger partial charge in [-0.2, -0.15) is 4.98 Å². The van der Waals surface area contributed by atoms with E-state index in [2.05, 4.69) is 15.3 Å². The molecule has 0 saturated heterocycles. The normalized spacial score (nSPS) is 10.0. The number of anilines is 1. The molecule has 3 nitrogen and oxygen atoms in total. The third kappa shape index (κ3) is 2.12. The Kier molecular flexibility index (Phi) is 3.38. The summed E-state index contributed by atoms with van der Waals surface area (Å²) < 4.78 is 0. The van der Waals surface area contributed by atoms with Gasteiger partial charge in [0.05, 0.1) is 0 Å².